The fourth-order valence-electron chi connectivity index (χ4n) is 2.87. The van der Waals surface area contributed by atoms with E-state index in [2.05, 4.69) is 52.9 Å². The van der Waals surface area contributed by atoms with E-state index in [4.69, 9.17) is 5.73 Å². The van der Waals surface area contributed by atoms with Gasteiger partial charge in [-0.3, -0.25) is 5.43 Å². The molecule has 0 aliphatic carbocycles. The Morgan fingerprint density at radius 3 is 3.00 bits per heavy atom. The highest BCUT2D eigenvalue weighted by atomic mass is 15.4. The van der Waals surface area contributed by atoms with Crippen LogP contribution in [0.5, 0.6) is 0 Å². The molecule has 2 aromatic rings. The van der Waals surface area contributed by atoms with E-state index in [0.717, 1.165) is 19.4 Å². The molecule has 2 heterocycles. The van der Waals surface area contributed by atoms with Crippen molar-refractivity contribution in [1.82, 2.24) is 15.4 Å². The monoisotopic (exact) mass is 244 g/mol. The molecule has 0 radical (unpaired) electrons. The van der Waals surface area contributed by atoms with Crippen molar-refractivity contribution < 1.29 is 0 Å². The average Bonchev–Trinajstić information content (AvgIpc) is 2.96. The van der Waals surface area contributed by atoms with Gasteiger partial charge in [-0.25, -0.2) is 5.43 Å². The SMILES string of the molecule is Cn1cc(C2CC(CCN)NN2)c2ccccc21. The molecule has 18 heavy (non-hydrogen) atoms. The molecular weight excluding hydrogens is 224 g/mol. The van der Waals surface area contributed by atoms with Crippen LogP contribution in [0.4, 0.5) is 0 Å². The molecule has 0 bridgehead atoms. The minimum atomic E-state index is 0.382. The lowest BCUT2D eigenvalue weighted by molar-refractivity contribution is 0.521. The third-order valence-electron chi connectivity index (χ3n) is 3.80. The minimum absolute atomic E-state index is 0.382. The molecule has 4 heteroatoms. The van der Waals surface area contributed by atoms with Gasteiger partial charge in [0.2, 0.25) is 0 Å². The van der Waals surface area contributed by atoms with E-state index < -0.39 is 0 Å². The van der Waals surface area contributed by atoms with E-state index >= 15 is 0 Å². The van der Waals surface area contributed by atoms with E-state index in [9.17, 15) is 0 Å². The van der Waals surface area contributed by atoms with Gasteiger partial charge in [-0.1, -0.05) is 18.2 Å². The summed E-state index contributed by atoms with van der Waals surface area (Å²) in [5.41, 5.74) is 15.0. The molecule has 1 saturated heterocycles. The molecule has 96 valence electrons. The van der Waals surface area contributed by atoms with Gasteiger partial charge in [0.15, 0.2) is 0 Å². The molecule has 0 amide bonds. The molecular formula is C14H20N4. The Bertz CT molecular complexity index is 546. The molecule has 1 aliphatic heterocycles. The van der Waals surface area contributed by atoms with Gasteiger partial charge in [0.25, 0.3) is 0 Å². The summed E-state index contributed by atoms with van der Waals surface area (Å²) in [5, 5.41) is 1.34. The van der Waals surface area contributed by atoms with Gasteiger partial charge in [0, 0.05) is 36.2 Å². The van der Waals surface area contributed by atoms with Crippen LogP contribution in [0.15, 0.2) is 30.5 Å². The van der Waals surface area contributed by atoms with Crippen LogP contribution in [0.25, 0.3) is 10.9 Å². The first-order valence-corrected chi connectivity index (χ1v) is 6.54. The normalized spacial score (nSPS) is 23.9. The zero-order chi connectivity index (χ0) is 12.5. The van der Waals surface area contributed by atoms with Crippen molar-refractivity contribution >= 4 is 10.9 Å². The van der Waals surface area contributed by atoms with Crippen LogP contribution in [-0.4, -0.2) is 17.2 Å². The molecule has 1 fully saturated rings. The minimum Gasteiger partial charge on any atom is -0.350 e. The number of hydrogen-bond acceptors (Lipinski definition) is 3. The van der Waals surface area contributed by atoms with Crippen LogP contribution >= 0.6 is 0 Å². The zero-order valence-electron chi connectivity index (χ0n) is 10.7. The Hall–Kier alpha value is -1.36. The molecule has 1 aliphatic rings. The number of hydrogen-bond donors (Lipinski definition) is 3. The van der Waals surface area contributed by atoms with E-state index in [0.29, 0.717) is 12.1 Å². The van der Waals surface area contributed by atoms with E-state index in [1.807, 2.05) is 0 Å². The van der Waals surface area contributed by atoms with Crippen molar-refractivity contribution in [2.24, 2.45) is 12.8 Å². The van der Waals surface area contributed by atoms with Crippen LogP contribution in [-0.2, 0) is 7.05 Å². The molecule has 2 atom stereocenters. The fourth-order valence-corrected chi connectivity index (χ4v) is 2.87. The van der Waals surface area contributed by atoms with Gasteiger partial charge >= 0.3 is 0 Å². The summed E-state index contributed by atoms with van der Waals surface area (Å²) < 4.78 is 2.20. The molecule has 2 unspecified atom stereocenters. The number of nitrogens with one attached hydrogen (secondary N) is 2. The maximum absolute atomic E-state index is 5.62. The van der Waals surface area contributed by atoms with E-state index in [1.165, 1.54) is 16.5 Å². The molecule has 3 rings (SSSR count). The summed E-state index contributed by atoms with van der Waals surface area (Å²) in [6, 6.07) is 9.42. The number of fused-ring (bicyclic) bond motifs is 1. The zero-order valence-corrected chi connectivity index (χ0v) is 10.7. The highest BCUT2D eigenvalue weighted by Gasteiger charge is 2.26. The predicted octanol–water partition coefficient (Wildman–Crippen LogP) is 1.43. The fraction of sp³-hybridized carbons (Fsp3) is 0.429. The topological polar surface area (TPSA) is 55.0 Å². The Kier molecular flexibility index (Phi) is 3.07. The van der Waals surface area contributed by atoms with E-state index in [-0.39, 0.29) is 0 Å². The standard InChI is InChI=1S/C14H20N4/c1-18-9-12(11-4-2-3-5-14(11)18)13-8-10(6-7-15)16-17-13/h2-5,9-10,13,16-17H,6-8,15H2,1H3. The van der Waals surface area contributed by atoms with Crippen molar-refractivity contribution in [3.05, 3.63) is 36.0 Å². The summed E-state index contributed by atoms with van der Waals surface area (Å²) >= 11 is 0. The first kappa shape index (κ1) is 11.7. The largest absolute Gasteiger partial charge is 0.350 e. The van der Waals surface area contributed by atoms with Crippen LogP contribution in [0.2, 0.25) is 0 Å². The van der Waals surface area contributed by atoms with Gasteiger partial charge in [-0.05, 0) is 31.0 Å². The number of nitrogens with zero attached hydrogens (tertiary/aromatic N) is 1. The second kappa shape index (κ2) is 4.72. The first-order valence-electron chi connectivity index (χ1n) is 6.54. The Morgan fingerprint density at radius 1 is 1.33 bits per heavy atom. The van der Waals surface area contributed by atoms with Gasteiger partial charge in [-0.15, -0.1) is 0 Å². The lowest BCUT2D eigenvalue weighted by Gasteiger charge is -2.07. The van der Waals surface area contributed by atoms with Gasteiger partial charge in [0.05, 0.1) is 0 Å². The van der Waals surface area contributed by atoms with Crippen LogP contribution in [0.3, 0.4) is 0 Å². The molecule has 1 aromatic heterocycles. The van der Waals surface area contributed by atoms with Crippen LogP contribution in [0.1, 0.15) is 24.4 Å². The van der Waals surface area contributed by atoms with Crippen molar-refractivity contribution in [3.8, 4) is 0 Å². The van der Waals surface area contributed by atoms with Gasteiger partial charge in [0.1, 0.15) is 0 Å². The number of nitrogens with two attached hydrogens (primary N) is 1. The summed E-state index contributed by atoms with van der Waals surface area (Å²) in [6.45, 7) is 0.738. The highest BCUT2D eigenvalue weighted by Crippen LogP contribution is 2.30. The lowest BCUT2D eigenvalue weighted by Crippen LogP contribution is -2.32. The molecule has 4 N–H and O–H groups in total. The van der Waals surface area contributed by atoms with Crippen LogP contribution in [0, 0.1) is 0 Å². The molecule has 1 aromatic carbocycles. The van der Waals surface area contributed by atoms with E-state index in [1.54, 1.807) is 0 Å². The maximum Gasteiger partial charge on any atom is 0.0499 e. The third-order valence-corrected chi connectivity index (χ3v) is 3.80. The smallest absolute Gasteiger partial charge is 0.0499 e. The third kappa shape index (κ3) is 1.92. The number of para-hydroxylation sites is 1. The summed E-state index contributed by atoms with van der Waals surface area (Å²) in [6.07, 6.45) is 4.36. The number of hydrazine groups is 1. The van der Waals surface area contributed by atoms with Crippen molar-refractivity contribution in [2.75, 3.05) is 6.54 Å². The number of aryl methyl sites for hydroxylation is 1. The number of rotatable bonds is 3. The summed E-state index contributed by atoms with van der Waals surface area (Å²) in [5.74, 6) is 0. The molecule has 0 saturated carbocycles. The van der Waals surface area contributed by atoms with Gasteiger partial charge < -0.3 is 10.3 Å². The lowest BCUT2D eigenvalue weighted by atomic mass is 10.0. The predicted molar refractivity (Wildman–Crippen MR) is 74.0 cm³/mol. The quantitative estimate of drug-likeness (QED) is 0.765. The Labute approximate surface area is 107 Å². The Balaban J connectivity index is 1.91. The number of aromatic nitrogens is 1. The average molecular weight is 244 g/mol. The number of benzene rings is 1. The Morgan fingerprint density at radius 2 is 2.17 bits per heavy atom. The van der Waals surface area contributed by atoms with Crippen LogP contribution < -0.4 is 16.6 Å². The molecule has 4 nitrogen and oxygen atoms in total. The molecule has 0 spiro atoms. The van der Waals surface area contributed by atoms with Crippen molar-refractivity contribution in [1.29, 1.82) is 0 Å². The first-order chi connectivity index (χ1) is 8.79. The van der Waals surface area contributed by atoms with Crippen molar-refractivity contribution in [2.45, 2.75) is 24.9 Å². The highest BCUT2D eigenvalue weighted by molar-refractivity contribution is 5.84. The second-order valence-electron chi connectivity index (χ2n) is 5.06. The van der Waals surface area contributed by atoms with Gasteiger partial charge in [-0.2, -0.15) is 0 Å². The second-order valence-corrected chi connectivity index (χ2v) is 5.06. The van der Waals surface area contributed by atoms with Crippen molar-refractivity contribution in [3.63, 3.8) is 0 Å². The maximum atomic E-state index is 5.62. The summed E-state index contributed by atoms with van der Waals surface area (Å²) in [4.78, 5) is 0. The summed E-state index contributed by atoms with van der Waals surface area (Å²) in [7, 11) is 2.10.